The topological polar surface area (TPSA) is 80.6 Å². The van der Waals surface area contributed by atoms with Gasteiger partial charge in [-0.25, -0.2) is 0 Å². The molecule has 4 N–H and O–H groups in total. The summed E-state index contributed by atoms with van der Waals surface area (Å²) in [4.78, 5) is 0. The molecule has 0 spiro atoms. The Labute approximate surface area is 150 Å². The molecular weight excluding hydrogens is 389 g/mol. The standard InChI is InChI=1S/C14H15ClN5.BrH.ClH/c15-12-6-4-11(5-7-12)13(18-19-14(16)17)10-20-8-2-1-3-9-20;;/h1-9H,10H2,(H4,16,17,19);2*1H/q+1;;/p-1/b18-13-;;. The lowest BCUT2D eigenvalue weighted by Crippen LogP contribution is -3.00. The van der Waals surface area contributed by atoms with Crippen molar-refractivity contribution >= 4 is 35.7 Å². The van der Waals surface area contributed by atoms with Gasteiger partial charge in [-0.1, -0.05) is 29.8 Å². The van der Waals surface area contributed by atoms with Gasteiger partial charge in [0.05, 0.1) is 0 Å². The van der Waals surface area contributed by atoms with E-state index in [1.54, 1.807) is 12.1 Å². The van der Waals surface area contributed by atoms with Crippen LogP contribution < -0.4 is 33.0 Å². The van der Waals surface area contributed by atoms with E-state index < -0.39 is 0 Å². The number of pyridine rings is 1. The zero-order valence-electron chi connectivity index (χ0n) is 11.6. The molecule has 118 valence electrons. The van der Waals surface area contributed by atoms with E-state index in [1.165, 1.54) is 0 Å². The predicted octanol–water partition coefficient (Wildman–Crippen LogP) is -1.27. The number of aromatic nitrogens is 1. The SMILES string of the molecule is Cl.NC(N)=N/N=C(/C[n+]1ccccc1)c1ccc(Cl)cc1.[Br-]. The summed E-state index contributed by atoms with van der Waals surface area (Å²) in [5.74, 6) is -0.0745. The van der Waals surface area contributed by atoms with Gasteiger partial charge in [0.25, 0.3) is 0 Å². The average molecular weight is 405 g/mol. The van der Waals surface area contributed by atoms with Crippen LogP contribution in [-0.4, -0.2) is 11.7 Å². The molecule has 0 fully saturated rings. The number of hydrogen-bond acceptors (Lipinski definition) is 2. The Morgan fingerprint density at radius 2 is 1.59 bits per heavy atom. The summed E-state index contributed by atoms with van der Waals surface area (Å²) in [7, 11) is 0. The quantitative estimate of drug-likeness (QED) is 0.288. The molecule has 8 heteroatoms. The molecular formula is C14H16BrCl2N5. The number of nitrogens with two attached hydrogens (primary N) is 2. The highest BCUT2D eigenvalue weighted by Gasteiger charge is 2.10. The van der Waals surface area contributed by atoms with Crippen molar-refractivity contribution in [1.29, 1.82) is 0 Å². The third kappa shape index (κ3) is 6.43. The van der Waals surface area contributed by atoms with Gasteiger partial charge in [-0.3, -0.25) is 0 Å². The number of nitrogens with zero attached hydrogens (tertiary/aromatic N) is 3. The number of hydrogen-bond donors (Lipinski definition) is 2. The van der Waals surface area contributed by atoms with E-state index in [0.717, 1.165) is 11.3 Å². The molecule has 0 saturated carbocycles. The van der Waals surface area contributed by atoms with E-state index in [9.17, 15) is 0 Å². The van der Waals surface area contributed by atoms with E-state index in [2.05, 4.69) is 10.2 Å². The lowest BCUT2D eigenvalue weighted by molar-refractivity contribution is -0.681. The summed E-state index contributed by atoms with van der Waals surface area (Å²) in [5.41, 5.74) is 12.3. The first-order valence-corrected chi connectivity index (χ1v) is 6.38. The largest absolute Gasteiger partial charge is 1.00 e. The monoisotopic (exact) mass is 403 g/mol. The lowest BCUT2D eigenvalue weighted by atomic mass is 10.1. The summed E-state index contributed by atoms with van der Waals surface area (Å²) in [6.45, 7) is 0.555. The van der Waals surface area contributed by atoms with Crippen LogP contribution in [0.5, 0.6) is 0 Å². The van der Waals surface area contributed by atoms with E-state index in [1.807, 2.05) is 47.3 Å². The number of guanidine groups is 1. The minimum atomic E-state index is -0.0745. The van der Waals surface area contributed by atoms with E-state index in [-0.39, 0.29) is 35.3 Å². The van der Waals surface area contributed by atoms with Crippen LogP contribution in [0.4, 0.5) is 0 Å². The molecule has 0 saturated heterocycles. The first-order chi connectivity index (χ1) is 9.65. The second-order valence-corrected chi connectivity index (χ2v) is 4.56. The van der Waals surface area contributed by atoms with Crippen LogP contribution in [0.1, 0.15) is 5.56 Å². The Bertz CT molecular complexity index is 625. The second-order valence-electron chi connectivity index (χ2n) is 4.13. The van der Waals surface area contributed by atoms with Crippen LogP contribution in [0.25, 0.3) is 0 Å². The summed E-state index contributed by atoms with van der Waals surface area (Å²) >= 11 is 5.89. The van der Waals surface area contributed by atoms with E-state index in [4.69, 9.17) is 23.1 Å². The van der Waals surface area contributed by atoms with Crippen molar-refractivity contribution in [2.75, 3.05) is 0 Å². The molecule has 0 aliphatic rings. The first-order valence-electron chi connectivity index (χ1n) is 6.00. The Kier molecular flexibility index (Phi) is 9.40. The van der Waals surface area contributed by atoms with Crippen molar-refractivity contribution in [1.82, 2.24) is 0 Å². The van der Waals surface area contributed by atoms with Gasteiger partial charge in [0.1, 0.15) is 5.71 Å². The molecule has 1 aromatic heterocycles. The molecule has 5 nitrogen and oxygen atoms in total. The van der Waals surface area contributed by atoms with E-state index >= 15 is 0 Å². The second kappa shape index (κ2) is 10.2. The molecule has 0 aliphatic carbocycles. The van der Waals surface area contributed by atoms with Gasteiger partial charge in [0, 0.05) is 22.7 Å². The highest BCUT2D eigenvalue weighted by molar-refractivity contribution is 6.30. The van der Waals surface area contributed by atoms with Gasteiger partial charge < -0.3 is 28.4 Å². The van der Waals surface area contributed by atoms with Gasteiger partial charge in [-0.2, -0.15) is 4.57 Å². The predicted molar refractivity (Wildman–Crippen MR) is 87.7 cm³/mol. The third-order valence-electron chi connectivity index (χ3n) is 2.57. The van der Waals surface area contributed by atoms with Crippen LogP contribution >= 0.6 is 24.0 Å². The van der Waals surface area contributed by atoms with Crippen molar-refractivity contribution in [3.05, 3.63) is 65.4 Å². The fourth-order valence-electron chi connectivity index (χ4n) is 1.65. The molecule has 0 aliphatic heterocycles. The fraction of sp³-hybridized carbons (Fsp3) is 0.0714. The molecule has 2 aromatic rings. The lowest BCUT2D eigenvalue weighted by Gasteiger charge is -2.02. The molecule has 2 rings (SSSR count). The summed E-state index contributed by atoms with van der Waals surface area (Å²) in [6.07, 6.45) is 3.89. The molecule has 0 amide bonds. The number of benzene rings is 1. The zero-order chi connectivity index (χ0) is 14.4. The average Bonchev–Trinajstić information content (AvgIpc) is 2.45. The minimum Gasteiger partial charge on any atom is -1.00 e. The molecule has 1 aromatic carbocycles. The maximum atomic E-state index is 5.89. The Balaban J connectivity index is 0.00000220. The minimum absolute atomic E-state index is 0. The van der Waals surface area contributed by atoms with Crippen LogP contribution in [0.3, 0.4) is 0 Å². The van der Waals surface area contributed by atoms with Crippen LogP contribution in [0, 0.1) is 0 Å². The third-order valence-corrected chi connectivity index (χ3v) is 2.83. The highest BCUT2D eigenvalue weighted by Crippen LogP contribution is 2.10. The smallest absolute Gasteiger partial charge is 0.211 e. The number of rotatable bonds is 4. The van der Waals surface area contributed by atoms with Crippen LogP contribution in [-0.2, 0) is 6.54 Å². The van der Waals surface area contributed by atoms with Gasteiger partial charge in [0.2, 0.25) is 5.96 Å². The van der Waals surface area contributed by atoms with Crippen molar-refractivity contribution in [2.24, 2.45) is 21.7 Å². The van der Waals surface area contributed by atoms with Gasteiger partial charge in [-0.15, -0.1) is 22.6 Å². The maximum absolute atomic E-state index is 5.89. The first kappa shape index (κ1) is 20.4. The highest BCUT2D eigenvalue weighted by atomic mass is 79.9. The number of halogens is 3. The maximum Gasteiger partial charge on any atom is 0.211 e. The Morgan fingerprint density at radius 1 is 1.00 bits per heavy atom. The van der Waals surface area contributed by atoms with Crippen LogP contribution in [0.2, 0.25) is 5.02 Å². The summed E-state index contributed by atoms with van der Waals surface area (Å²) in [5, 5.41) is 8.51. The molecule has 0 unspecified atom stereocenters. The molecule has 22 heavy (non-hydrogen) atoms. The Hall–Kier alpha value is -1.63. The van der Waals surface area contributed by atoms with Crippen molar-refractivity contribution in [2.45, 2.75) is 6.54 Å². The summed E-state index contributed by atoms with van der Waals surface area (Å²) < 4.78 is 1.98. The van der Waals surface area contributed by atoms with E-state index in [0.29, 0.717) is 11.6 Å². The zero-order valence-corrected chi connectivity index (χ0v) is 14.7. The Morgan fingerprint density at radius 3 is 2.14 bits per heavy atom. The fourth-order valence-corrected chi connectivity index (χ4v) is 1.78. The van der Waals surface area contributed by atoms with Crippen LogP contribution in [0.15, 0.2) is 65.1 Å². The van der Waals surface area contributed by atoms with Crippen molar-refractivity contribution in [3.8, 4) is 0 Å². The van der Waals surface area contributed by atoms with Gasteiger partial charge in [-0.05, 0) is 12.1 Å². The van der Waals surface area contributed by atoms with Gasteiger partial charge in [0.15, 0.2) is 18.9 Å². The molecule has 1 heterocycles. The van der Waals surface area contributed by atoms with Crippen molar-refractivity contribution < 1.29 is 21.5 Å². The molecule has 0 bridgehead atoms. The van der Waals surface area contributed by atoms with Gasteiger partial charge >= 0.3 is 0 Å². The molecule has 0 atom stereocenters. The van der Waals surface area contributed by atoms with Crippen molar-refractivity contribution in [3.63, 3.8) is 0 Å². The summed E-state index contributed by atoms with van der Waals surface area (Å²) in [6, 6.07) is 13.2. The molecule has 0 radical (unpaired) electrons. The normalized spacial score (nSPS) is 10.1.